The Bertz CT molecular complexity index is 1790. The van der Waals surface area contributed by atoms with E-state index in [1.807, 2.05) is 30.3 Å². The van der Waals surface area contributed by atoms with Gasteiger partial charge in [-0.15, -0.1) is 0 Å². The molecule has 0 amide bonds. The van der Waals surface area contributed by atoms with Crippen molar-refractivity contribution in [2.24, 2.45) is 7.05 Å². The van der Waals surface area contributed by atoms with Gasteiger partial charge in [-0.2, -0.15) is 0 Å². The quantitative estimate of drug-likeness (QED) is 0.122. The van der Waals surface area contributed by atoms with Crippen molar-refractivity contribution in [2.45, 2.75) is 13.8 Å². The molecule has 140 valence electrons. The summed E-state index contributed by atoms with van der Waals surface area (Å²) in [5, 5.41) is 5.72. The topological polar surface area (TPSA) is 17.0 Å². The van der Waals surface area contributed by atoms with E-state index in [-0.39, 0.29) is 0 Å². The van der Waals surface area contributed by atoms with E-state index in [0.717, 1.165) is 32.7 Å². The van der Waals surface area contributed by atoms with Crippen LogP contribution in [0.1, 0.15) is 11.1 Å². The van der Waals surface area contributed by atoms with Crippen molar-refractivity contribution in [2.75, 3.05) is 0 Å². The highest BCUT2D eigenvalue weighted by atomic mass is 15.0. The molecule has 6 rings (SSSR count). The molecule has 0 bridgehead atoms. The molecular formula is C26H17N4+. The zero-order valence-corrected chi connectivity index (χ0v) is 16.9. The fourth-order valence-corrected chi connectivity index (χ4v) is 5.01. The molecule has 0 spiro atoms. The molecule has 0 unspecified atom stereocenters. The van der Waals surface area contributed by atoms with E-state index in [1.54, 1.807) is 0 Å². The number of rotatable bonds is 0. The Morgan fingerprint density at radius 3 is 2.40 bits per heavy atom. The van der Waals surface area contributed by atoms with Crippen LogP contribution in [0.15, 0.2) is 48.7 Å². The molecule has 0 aliphatic rings. The predicted octanol–water partition coefficient (Wildman–Crippen LogP) is 6.53. The Morgan fingerprint density at radius 1 is 0.833 bits per heavy atom. The van der Waals surface area contributed by atoms with Crippen molar-refractivity contribution in [1.82, 2.24) is 4.40 Å². The molecule has 0 fully saturated rings. The molecule has 6 aromatic rings. The van der Waals surface area contributed by atoms with Crippen LogP contribution in [0.4, 0.5) is 11.4 Å². The number of aromatic nitrogens is 2. The first-order valence-electron chi connectivity index (χ1n) is 9.84. The fraction of sp³-hybridized carbons (Fsp3) is 0.115. The number of aryl methyl sites for hydroxylation is 3. The highest BCUT2D eigenvalue weighted by Crippen LogP contribution is 2.43. The number of benzene rings is 3. The van der Waals surface area contributed by atoms with Crippen LogP contribution in [0.2, 0.25) is 0 Å². The third kappa shape index (κ3) is 1.86. The Kier molecular flexibility index (Phi) is 3.06. The van der Waals surface area contributed by atoms with Gasteiger partial charge in [-0.1, -0.05) is 6.07 Å². The first-order chi connectivity index (χ1) is 14.5. The van der Waals surface area contributed by atoms with E-state index in [1.165, 1.54) is 27.4 Å². The smallest absolute Gasteiger partial charge is 0.224 e. The van der Waals surface area contributed by atoms with E-state index in [4.69, 9.17) is 13.1 Å². The second-order valence-corrected chi connectivity index (χ2v) is 8.05. The van der Waals surface area contributed by atoms with Gasteiger partial charge in [0.25, 0.3) is 0 Å². The number of fused-ring (bicyclic) bond motifs is 5. The summed E-state index contributed by atoms with van der Waals surface area (Å²) in [7, 11) is 2.09. The molecular weight excluding hydrogens is 368 g/mol. The van der Waals surface area contributed by atoms with Gasteiger partial charge >= 0.3 is 0 Å². The molecule has 0 aliphatic heterocycles. The minimum absolute atomic E-state index is 0.636. The van der Waals surface area contributed by atoms with Crippen molar-refractivity contribution in [3.05, 3.63) is 82.6 Å². The van der Waals surface area contributed by atoms with Gasteiger partial charge in [0.15, 0.2) is 17.6 Å². The minimum Gasteiger partial charge on any atom is -0.309 e. The summed E-state index contributed by atoms with van der Waals surface area (Å²) in [6.45, 7) is 19.4. The summed E-state index contributed by atoms with van der Waals surface area (Å²) in [5.74, 6) is 0. The normalized spacial score (nSPS) is 11.8. The van der Waals surface area contributed by atoms with Gasteiger partial charge in [0.1, 0.15) is 7.05 Å². The zero-order chi connectivity index (χ0) is 20.7. The van der Waals surface area contributed by atoms with E-state index in [9.17, 15) is 0 Å². The third-order valence-corrected chi connectivity index (χ3v) is 6.49. The molecule has 0 radical (unpaired) electrons. The van der Waals surface area contributed by atoms with Crippen LogP contribution in [0.25, 0.3) is 58.7 Å². The van der Waals surface area contributed by atoms with Crippen molar-refractivity contribution in [3.8, 4) is 0 Å². The summed E-state index contributed by atoms with van der Waals surface area (Å²) < 4.78 is 4.49. The van der Waals surface area contributed by atoms with Crippen LogP contribution in [0, 0.1) is 27.0 Å². The minimum atomic E-state index is 0.636. The second kappa shape index (κ2) is 5.47. The lowest BCUT2D eigenvalue weighted by Gasteiger charge is -2.14. The number of hydrogen-bond acceptors (Lipinski definition) is 0. The van der Waals surface area contributed by atoms with Crippen LogP contribution >= 0.6 is 0 Å². The van der Waals surface area contributed by atoms with Crippen molar-refractivity contribution < 1.29 is 4.57 Å². The molecule has 4 nitrogen and oxygen atoms in total. The van der Waals surface area contributed by atoms with E-state index >= 15 is 0 Å². The average Bonchev–Trinajstić information content (AvgIpc) is 3.08. The van der Waals surface area contributed by atoms with Crippen LogP contribution in [-0.4, -0.2) is 4.40 Å². The van der Waals surface area contributed by atoms with E-state index < -0.39 is 0 Å². The van der Waals surface area contributed by atoms with Gasteiger partial charge in [0.2, 0.25) is 5.52 Å². The largest absolute Gasteiger partial charge is 0.309 e. The van der Waals surface area contributed by atoms with Crippen molar-refractivity contribution in [1.29, 1.82) is 0 Å². The lowest BCUT2D eigenvalue weighted by molar-refractivity contribution is -0.643. The second-order valence-electron chi connectivity index (χ2n) is 8.05. The van der Waals surface area contributed by atoms with Crippen molar-refractivity contribution >= 4 is 60.4 Å². The molecule has 0 saturated heterocycles. The van der Waals surface area contributed by atoms with E-state index in [0.29, 0.717) is 11.4 Å². The molecule has 4 heteroatoms. The molecule has 3 heterocycles. The number of nitrogens with zero attached hydrogens (tertiary/aromatic N) is 4. The van der Waals surface area contributed by atoms with Gasteiger partial charge in [-0.25, -0.2) is 14.3 Å². The maximum absolute atomic E-state index is 7.61. The van der Waals surface area contributed by atoms with Gasteiger partial charge in [0, 0.05) is 11.5 Å². The molecule has 3 aromatic carbocycles. The van der Waals surface area contributed by atoms with Crippen molar-refractivity contribution in [3.63, 3.8) is 0 Å². The predicted molar refractivity (Wildman–Crippen MR) is 122 cm³/mol. The van der Waals surface area contributed by atoms with Crippen LogP contribution < -0.4 is 4.57 Å². The highest BCUT2D eigenvalue weighted by molar-refractivity contribution is 6.26. The molecule has 0 N–H and O–H groups in total. The van der Waals surface area contributed by atoms with Gasteiger partial charge in [0.05, 0.1) is 40.5 Å². The summed E-state index contributed by atoms with van der Waals surface area (Å²) in [4.78, 5) is 7.40. The average molecular weight is 385 g/mol. The zero-order valence-electron chi connectivity index (χ0n) is 16.9. The highest BCUT2D eigenvalue weighted by Gasteiger charge is 2.25. The molecule has 0 atom stereocenters. The summed E-state index contributed by atoms with van der Waals surface area (Å²) in [5.41, 5.74) is 8.24. The van der Waals surface area contributed by atoms with E-state index in [2.05, 4.69) is 57.9 Å². The fourth-order valence-electron chi connectivity index (χ4n) is 5.01. The molecule has 0 saturated carbocycles. The summed E-state index contributed by atoms with van der Waals surface area (Å²) in [6, 6.07) is 14.2. The third-order valence-electron chi connectivity index (χ3n) is 6.49. The van der Waals surface area contributed by atoms with Gasteiger partial charge in [-0.3, -0.25) is 0 Å². The Hall–Kier alpha value is -4.15. The van der Waals surface area contributed by atoms with Gasteiger partial charge in [-0.05, 0) is 66.1 Å². The first kappa shape index (κ1) is 16.8. The lowest BCUT2D eigenvalue weighted by atomic mass is 9.96. The molecule has 30 heavy (non-hydrogen) atoms. The van der Waals surface area contributed by atoms with Crippen LogP contribution in [-0.2, 0) is 7.05 Å². The number of pyridine rings is 2. The van der Waals surface area contributed by atoms with Crippen LogP contribution in [0.3, 0.4) is 0 Å². The molecule has 3 aromatic heterocycles. The first-order valence-corrected chi connectivity index (χ1v) is 9.84. The lowest BCUT2D eigenvalue weighted by Crippen LogP contribution is -2.29. The van der Waals surface area contributed by atoms with Gasteiger partial charge < -0.3 is 4.40 Å². The number of hydrogen-bond donors (Lipinski definition) is 0. The maximum Gasteiger partial charge on any atom is 0.224 e. The Morgan fingerprint density at radius 2 is 1.63 bits per heavy atom. The summed E-state index contributed by atoms with van der Waals surface area (Å²) >= 11 is 0. The molecule has 0 aliphatic carbocycles. The Labute approximate surface area is 173 Å². The standard InChI is InChI=1S/C26H17N4/c1-14-10-20-19-12-17(27-3)6-7-21(19)30-22-13-18(28-4)11-16-8-9-29(5)26(24(16)22)23(15(14)2)25(20)30/h6-13H,1-2,5H3/q+1. The Balaban J connectivity index is 2.11. The van der Waals surface area contributed by atoms with Crippen LogP contribution in [0.5, 0.6) is 0 Å². The maximum atomic E-state index is 7.61. The monoisotopic (exact) mass is 385 g/mol. The summed E-state index contributed by atoms with van der Waals surface area (Å²) in [6.07, 6.45) is 2.08. The SMILES string of the molecule is [C-]#[N+]c1ccc2c(c1)c1cc(C)c(C)c3c1n2c1cc([N+]#[C-])cc2cc[n+](C)c3c21.